The van der Waals surface area contributed by atoms with Crippen molar-refractivity contribution in [3.8, 4) is 0 Å². The normalized spacial score (nSPS) is 11.5. The van der Waals surface area contributed by atoms with Crippen molar-refractivity contribution in [1.82, 2.24) is 5.32 Å². The summed E-state index contributed by atoms with van der Waals surface area (Å²) in [6.07, 6.45) is 0.397. The summed E-state index contributed by atoms with van der Waals surface area (Å²) < 4.78 is 0. The predicted molar refractivity (Wildman–Crippen MR) is 125 cm³/mol. The number of hydrogen-bond donors (Lipinski definition) is 2. The number of carbonyl (C=O) groups excluding carboxylic acids is 2. The Morgan fingerprint density at radius 2 is 1.50 bits per heavy atom. The number of anilines is 1. The molecule has 5 heteroatoms. The molecule has 0 aliphatic rings. The minimum atomic E-state index is -0.208. The van der Waals surface area contributed by atoms with E-state index in [1.54, 1.807) is 30.0 Å². The van der Waals surface area contributed by atoms with Crippen LogP contribution in [0.4, 0.5) is 5.69 Å². The molecule has 0 aliphatic heterocycles. The van der Waals surface area contributed by atoms with Crippen molar-refractivity contribution in [3.05, 3.63) is 102 Å². The zero-order valence-corrected chi connectivity index (χ0v) is 17.8. The minimum absolute atomic E-state index is 0.0908. The number of rotatable bonds is 9. The maximum atomic E-state index is 12.8. The monoisotopic (exact) mass is 418 g/mol. The maximum Gasteiger partial charge on any atom is 0.253 e. The van der Waals surface area contributed by atoms with Crippen LogP contribution in [0.15, 0.2) is 84.9 Å². The Bertz CT molecular complexity index is 961. The van der Waals surface area contributed by atoms with E-state index in [-0.39, 0.29) is 17.9 Å². The highest BCUT2D eigenvalue weighted by Crippen LogP contribution is 2.19. The van der Waals surface area contributed by atoms with E-state index in [1.807, 2.05) is 61.5 Å². The number of carbonyl (C=O) groups is 2. The highest BCUT2D eigenvalue weighted by atomic mass is 32.2. The molecule has 0 unspecified atom stereocenters. The molecule has 0 saturated carbocycles. The van der Waals surface area contributed by atoms with Gasteiger partial charge in [0.1, 0.15) is 0 Å². The van der Waals surface area contributed by atoms with Gasteiger partial charge in [-0.05, 0) is 30.2 Å². The first-order chi connectivity index (χ1) is 14.6. The fourth-order valence-electron chi connectivity index (χ4n) is 3.03. The first kappa shape index (κ1) is 21.7. The van der Waals surface area contributed by atoms with E-state index in [1.165, 1.54) is 5.56 Å². The van der Waals surface area contributed by atoms with E-state index in [9.17, 15) is 9.59 Å². The Labute approximate surface area is 182 Å². The van der Waals surface area contributed by atoms with Gasteiger partial charge in [-0.3, -0.25) is 9.59 Å². The zero-order valence-electron chi connectivity index (χ0n) is 17.0. The Kier molecular flexibility index (Phi) is 8.10. The van der Waals surface area contributed by atoms with E-state index in [0.29, 0.717) is 17.7 Å². The van der Waals surface area contributed by atoms with Crippen LogP contribution in [0.2, 0.25) is 0 Å². The zero-order chi connectivity index (χ0) is 21.2. The van der Waals surface area contributed by atoms with Gasteiger partial charge in [-0.2, -0.15) is 11.8 Å². The van der Waals surface area contributed by atoms with Crippen molar-refractivity contribution in [2.45, 2.75) is 25.1 Å². The molecule has 30 heavy (non-hydrogen) atoms. The third kappa shape index (κ3) is 6.49. The molecule has 0 radical (unpaired) electrons. The van der Waals surface area contributed by atoms with Gasteiger partial charge in [0.15, 0.2) is 0 Å². The average Bonchev–Trinajstić information content (AvgIpc) is 2.78. The fraction of sp³-hybridized carbons (Fsp3) is 0.200. The summed E-state index contributed by atoms with van der Waals surface area (Å²) in [6, 6.07) is 27.0. The first-order valence-corrected chi connectivity index (χ1v) is 11.2. The number of thioether (sulfide) groups is 1. The van der Waals surface area contributed by atoms with Crippen molar-refractivity contribution < 1.29 is 9.59 Å². The second kappa shape index (κ2) is 11.2. The van der Waals surface area contributed by atoms with Crippen LogP contribution in [0.25, 0.3) is 0 Å². The average molecular weight is 419 g/mol. The largest absolute Gasteiger partial charge is 0.345 e. The van der Waals surface area contributed by atoms with Crippen LogP contribution in [0.5, 0.6) is 0 Å². The van der Waals surface area contributed by atoms with Gasteiger partial charge in [0, 0.05) is 17.9 Å². The highest BCUT2D eigenvalue weighted by molar-refractivity contribution is 7.98. The summed E-state index contributed by atoms with van der Waals surface area (Å²) >= 11 is 1.72. The molecule has 4 nitrogen and oxygen atoms in total. The van der Waals surface area contributed by atoms with E-state index in [4.69, 9.17) is 0 Å². The molecular weight excluding hydrogens is 392 g/mol. The van der Waals surface area contributed by atoms with Gasteiger partial charge in [-0.1, -0.05) is 72.8 Å². The summed E-state index contributed by atoms with van der Waals surface area (Å²) in [7, 11) is 0. The van der Waals surface area contributed by atoms with Crippen molar-refractivity contribution in [2.24, 2.45) is 0 Å². The lowest BCUT2D eigenvalue weighted by atomic mass is 10.1. The maximum absolute atomic E-state index is 12.8. The molecule has 2 amide bonds. The third-order valence-corrected chi connectivity index (χ3v) is 5.71. The lowest BCUT2D eigenvalue weighted by molar-refractivity contribution is -0.115. The summed E-state index contributed by atoms with van der Waals surface area (Å²) in [4.78, 5) is 25.2. The molecule has 2 N–H and O–H groups in total. The van der Waals surface area contributed by atoms with Gasteiger partial charge in [0.05, 0.1) is 17.3 Å². The van der Waals surface area contributed by atoms with Gasteiger partial charge in [-0.15, -0.1) is 0 Å². The second-order valence-corrected chi connectivity index (χ2v) is 8.09. The molecule has 0 bridgehead atoms. The number of hydrogen-bond acceptors (Lipinski definition) is 3. The van der Waals surface area contributed by atoms with Crippen LogP contribution in [0.1, 0.15) is 40.9 Å². The fourth-order valence-corrected chi connectivity index (χ4v) is 3.93. The predicted octanol–water partition coefficient (Wildman–Crippen LogP) is 5.44. The molecule has 0 spiro atoms. The number of nitrogens with one attached hydrogen (secondary N) is 2. The molecule has 0 aliphatic carbocycles. The number of amides is 2. The van der Waals surface area contributed by atoms with Crippen LogP contribution >= 0.6 is 11.8 Å². The van der Waals surface area contributed by atoms with Crippen molar-refractivity contribution >= 4 is 29.3 Å². The lowest BCUT2D eigenvalue weighted by Gasteiger charge is -2.16. The third-order valence-electron chi connectivity index (χ3n) is 4.68. The molecule has 0 aromatic heterocycles. The molecule has 0 saturated heterocycles. The summed E-state index contributed by atoms with van der Waals surface area (Å²) in [5.74, 6) is 1.30. The Morgan fingerprint density at radius 3 is 2.23 bits per heavy atom. The van der Waals surface area contributed by atoms with Crippen LogP contribution in [0, 0.1) is 0 Å². The number of benzene rings is 3. The van der Waals surface area contributed by atoms with E-state index >= 15 is 0 Å². The quantitative estimate of drug-likeness (QED) is 0.455. The summed E-state index contributed by atoms with van der Waals surface area (Å²) in [5.41, 5.74) is 3.28. The molecule has 0 heterocycles. The Hall–Kier alpha value is -3.05. The molecule has 3 aromatic carbocycles. The van der Waals surface area contributed by atoms with Crippen LogP contribution in [-0.4, -0.2) is 17.6 Å². The summed E-state index contributed by atoms with van der Waals surface area (Å²) in [5, 5.41) is 5.89. The van der Waals surface area contributed by atoms with Gasteiger partial charge >= 0.3 is 0 Å². The highest BCUT2D eigenvalue weighted by Gasteiger charge is 2.16. The summed E-state index contributed by atoms with van der Waals surface area (Å²) in [6.45, 7) is 1.94. The van der Waals surface area contributed by atoms with Crippen LogP contribution in [0.3, 0.4) is 0 Å². The Morgan fingerprint density at radius 1 is 0.867 bits per heavy atom. The van der Waals surface area contributed by atoms with E-state index < -0.39 is 0 Å². The molecule has 3 aromatic rings. The van der Waals surface area contributed by atoms with Gasteiger partial charge in [0.25, 0.3) is 5.91 Å². The SMILES string of the molecule is C[C@H](NC(=O)c1ccccc1NC(=O)CCSCc1ccccc1)c1ccccc1. The van der Waals surface area contributed by atoms with Crippen molar-refractivity contribution in [2.75, 3.05) is 11.1 Å². The Balaban J connectivity index is 1.52. The lowest BCUT2D eigenvalue weighted by Crippen LogP contribution is -2.28. The van der Waals surface area contributed by atoms with Crippen molar-refractivity contribution in [1.29, 1.82) is 0 Å². The van der Waals surface area contributed by atoms with Gasteiger partial charge in [0.2, 0.25) is 5.91 Å². The van der Waals surface area contributed by atoms with Gasteiger partial charge in [-0.25, -0.2) is 0 Å². The molecule has 3 rings (SSSR count). The van der Waals surface area contributed by atoms with Crippen molar-refractivity contribution in [3.63, 3.8) is 0 Å². The first-order valence-electron chi connectivity index (χ1n) is 10.00. The standard InChI is InChI=1S/C25H26N2O2S/c1-19(21-12-6-3-7-13-21)26-25(29)22-14-8-9-15-23(22)27-24(28)16-17-30-18-20-10-4-2-5-11-20/h2-15,19H,16-18H2,1H3,(H,26,29)(H,27,28)/t19-/m0/s1. The number of para-hydroxylation sites is 1. The smallest absolute Gasteiger partial charge is 0.253 e. The second-order valence-electron chi connectivity index (χ2n) is 6.99. The van der Waals surface area contributed by atoms with Gasteiger partial charge < -0.3 is 10.6 Å². The van der Waals surface area contributed by atoms with E-state index in [2.05, 4.69) is 22.8 Å². The topological polar surface area (TPSA) is 58.2 Å². The molecule has 154 valence electrons. The minimum Gasteiger partial charge on any atom is -0.345 e. The molecule has 0 fully saturated rings. The molecular formula is C25H26N2O2S. The van der Waals surface area contributed by atoms with Crippen LogP contribution < -0.4 is 10.6 Å². The van der Waals surface area contributed by atoms with E-state index in [0.717, 1.165) is 17.1 Å². The van der Waals surface area contributed by atoms with Crippen LogP contribution in [-0.2, 0) is 10.5 Å². The molecule has 1 atom stereocenters.